The monoisotopic (exact) mass is 361 g/mol. The molecular weight excluding hydrogens is 342 g/mol. The van der Waals surface area contributed by atoms with Crippen LogP contribution in [0.3, 0.4) is 0 Å². The van der Waals surface area contributed by atoms with Crippen molar-refractivity contribution in [1.82, 2.24) is 5.32 Å². The smallest absolute Gasteiger partial charge is 0.330 e. The third-order valence-electron chi connectivity index (χ3n) is 3.78. The van der Waals surface area contributed by atoms with Gasteiger partial charge in [0.2, 0.25) is 5.91 Å². The van der Waals surface area contributed by atoms with Gasteiger partial charge in [0.15, 0.2) is 17.5 Å². The maximum Gasteiger partial charge on any atom is 0.330 e. The number of benzene rings is 2. The highest BCUT2D eigenvalue weighted by atomic mass is 32.1. The van der Waals surface area contributed by atoms with Crippen molar-refractivity contribution in [3.63, 3.8) is 0 Å². The van der Waals surface area contributed by atoms with Crippen LogP contribution in [0.5, 0.6) is 11.5 Å². The molecule has 2 aromatic rings. The maximum absolute atomic E-state index is 12.5. The van der Waals surface area contributed by atoms with Gasteiger partial charge in [-0.2, -0.15) is 12.6 Å². The van der Waals surface area contributed by atoms with Crippen LogP contribution in [0.1, 0.15) is 17.2 Å². The number of hydrogen-bond acceptors (Lipinski definition) is 5. The summed E-state index contributed by atoms with van der Waals surface area (Å²) in [6.07, 6.45) is 0.434. The molecule has 0 spiro atoms. The Kier molecular flexibility index (Phi) is 6.30. The molecule has 2 atom stereocenters. The molecule has 132 valence electrons. The highest BCUT2D eigenvalue weighted by Crippen LogP contribution is 2.28. The average Bonchev–Trinajstić information content (AvgIpc) is 2.60. The highest BCUT2D eigenvalue weighted by Gasteiger charge is 2.26. The molecule has 2 rings (SSSR count). The number of nitrogens with one attached hydrogen (secondary N) is 1. The van der Waals surface area contributed by atoms with Crippen molar-refractivity contribution >= 4 is 24.5 Å². The molecule has 0 aliphatic carbocycles. The number of thiol groups is 1. The highest BCUT2D eigenvalue weighted by molar-refractivity contribution is 7.80. The van der Waals surface area contributed by atoms with E-state index in [1.165, 1.54) is 12.1 Å². The molecule has 0 radical (unpaired) electrons. The van der Waals surface area contributed by atoms with Crippen molar-refractivity contribution < 1.29 is 24.9 Å². The number of phenolic OH excluding ortho intramolecular Hbond substituents is 2. The number of rotatable bonds is 7. The molecule has 0 aromatic heterocycles. The molecule has 4 N–H and O–H groups in total. The number of amides is 1. The Balaban J connectivity index is 2.15. The van der Waals surface area contributed by atoms with Gasteiger partial charge in [-0.25, -0.2) is 4.79 Å². The molecule has 7 heteroatoms. The minimum absolute atomic E-state index is 0.161. The van der Waals surface area contributed by atoms with Gasteiger partial charge < -0.3 is 20.6 Å². The van der Waals surface area contributed by atoms with Crippen LogP contribution in [0.2, 0.25) is 0 Å². The molecule has 6 nitrogen and oxygen atoms in total. The molecule has 0 bridgehead atoms. The first-order valence-corrected chi connectivity index (χ1v) is 8.25. The second kappa shape index (κ2) is 8.43. The zero-order valence-corrected chi connectivity index (χ0v) is 14.2. The number of carbonyl (C=O) groups is 2. The third kappa shape index (κ3) is 4.90. The van der Waals surface area contributed by atoms with Crippen LogP contribution in [-0.4, -0.2) is 32.9 Å². The number of aliphatic carboxylic acids is 1. The van der Waals surface area contributed by atoms with Crippen LogP contribution in [0.15, 0.2) is 48.5 Å². The summed E-state index contributed by atoms with van der Waals surface area (Å²) in [5, 5.41) is 30.8. The molecular formula is C18H19NO5S. The fraction of sp³-hybridized carbons (Fsp3) is 0.222. The first-order chi connectivity index (χ1) is 11.9. The lowest BCUT2D eigenvalue weighted by Crippen LogP contribution is -2.39. The maximum atomic E-state index is 12.5. The minimum Gasteiger partial charge on any atom is -0.504 e. The van der Waals surface area contributed by atoms with E-state index in [9.17, 15) is 24.9 Å². The molecule has 0 saturated heterocycles. The summed E-state index contributed by atoms with van der Waals surface area (Å²) in [6.45, 7) is 0. The van der Waals surface area contributed by atoms with Gasteiger partial charge >= 0.3 is 5.97 Å². The van der Waals surface area contributed by atoms with E-state index < -0.39 is 29.6 Å². The average molecular weight is 361 g/mol. The van der Waals surface area contributed by atoms with Gasteiger partial charge in [-0.05, 0) is 29.7 Å². The van der Waals surface area contributed by atoms with Gasteiger partial charge in [-0.1, -0.05) is 36.4 Å². The fourth-order valence-corrected chi connectivity index (χ4v) is 2.70. The summed E-state index contributed by atoms with van der Waals surface area (Å²) in [5.41, 5.74) is 1.11. The van der Waals surface area contributed by atoms with Gasteiger partial charge in [-0.3, -0.25) is 4.79 Å². The Bertz CT molecular complexity index is 750. The summed E-state index contributed by atoms with van der Waals surface area (Å²) in [4.78, 5) is 24.0. The fourth-order valence-electron chi connectivity index (χ4n) is 2.41. The third-order valence-corrected chi connectivity index (χ3v) is 4.22. The largest absolute Gasteiger partial charge is 0.504 e. The Morgan fingerprint density at radius 3 is 2.28 bits per heavy atom. The predicted molar refractivity (Wildman–Crippen MR) is 95.8 cm³/mol. The molecule has 0 aliphatic heterocycles. The topological polar surface area (TPSA) is 107 Å². The molecule has 25 heavy (non-hydrogen) atoms. The zero-order valence-electron chi connectivity index (χ0n) is 13.3. The van der Waals surface area contributed by atoms with E-state index in [1.807, 2.05) is 30.3 Å². The van der Waals surface area contributed by atoms with Gasteiger partial charge in [-0.15, -0.1) is 0 Å². The van der Waals surface area contributed by atoms with Crippen molar-refractivity contribution in [2.24, 2.45) is 5.92 Å². The van der Waals surface area contributed by atoms with Crippen LogP contribution < -0.4 is 5.32 Å². The first kappa shape index (κ1) is 18.7. The summed E-state index contributed by atoms with van der Waals surface area (Å²) >= 11 is 4.20. The van der Waals surface area contributed by atoms with Crippen molar-refractivity contribution in [3.05, 3.63) is 59.7 Å². The standard InChI is InChI=1S/C18H19NO5S/c20-14-7-6-12(9-15(14)21)16(18(23)24)19-17(22)13(10-25)8-11-4-2-1-3-5-11/h1-7,9,13,16,20-21,25H,8,10H2,(H,19,22)(H,23,24)/t13?,16-/m1/s1. The molecule has 1 amide bonds. The number of carboxylic acid groups (broad SMARTS) is 1. The van der Waals surface area contributed by atoms with Gasteiger partial charge in [0.05, 0.1) is 5.92 Å². The van der Waals surface area contributed by atoms with Crippen molar-refractivity contribution in [1.29, 1.82) is 0 Å². The van der Waals surface area contributed by atoms with Crippen LogP contribution in [0, 0.1) is 5.92 Å². The van der Waals surface area contributed by atoms with E-state index in [0.29, 0.717) is 6.42 Å². The summed E-state index contributed by atoms with van der Waals surface area (Å²) in [6, 6.07) is 11.7. The molecule has 0 saturated carbocycles. The van der Waals surface area contributed by atoms with Crippen LogP contribution in [0.25, 0.3) is 0 Å². The number of hydrogen-bond donors (Lipinski definition) is 5. The lowest BCUT2D eigenvalue weighted by molar-refractivity contribution is -0.142. The Labute approximate surface area is 150 Å². The van der Waals surface area contributed by atoms with Gasteiger partial charge in [0, 0.05) is 5.75 Å². The second-order valence-electron chi connectivity index (χ2n) is 5.60. The molecule has 0 heterocycles. The summed E-state index contributed by atoms with van der Waals surface area (Å²) in [7, 11) is 0. The Morgan fingerprint density at radius 2 is 1.72 bits per heavy atom. The van der Waals surface area contributed by atoms with Gasteiger partial charge in [0.1, 0.15) is 0 Å². The number of carboxylic acids is 1. The van der Waals surface area contributed by atoms with E-state index in [0.717, 1.165) is 11.6 Å². The lowest BCUT2D eigenvalue weighted by Gasteiger charge is -2.20. The number of phenols is 2. The molecule has 1 unspecified atom stereocenters. The molecule has 2 aromatic carbocycles. The van der Waals surface area contributed by atoms with Gasteiger partial charge in [0.25, 0.3) is 0 Å². The number of carbonyl (C=O) groups excluding carboxylic acids is 1. The number of aromatic hydroxyl groups is 2. The van der Waals surface area contributed by atoms with Crippen LogP contribution >= 0.6 is 12.6 Å². The SMILES string of the molecule is O=C(N[C@@H](C(=O)O)c1ccc(O)c(O)c1)C(CS)Cc1ccccc1. The Morgan fingerprint density at radius 1 is 1.04 bits per heavy atom. The quantitative estimate of drug-likeness (QED) is 0.384. The molecule has 0 aliphatic rings. The minimum atomic E-state index is -1.34. The van der Waals surface area contributed by atoms with Crippen molar-refractivity contribution in [2.45, 2.75) is 12.5 Å². The van der Waals surface area contributed by atoms with Crippen molar-refractivity contribution in [3.8, 4) is 11.5 Å². The Hall–Kier alpha value is -2.67. The van der Waals surface area contributed by atoms with Crippen LogP contribution in [-0.2, 0) is 16.0 Å². The van der Waals surface area contributed by atoms with E-state index >= 15 is 0 Å². The van der Waals surface area contributed by atoms with E-state index in [2.05, 4.69) is 17.9 Å². The second-order valence-corrected chi connectivity index (χ2v) is 5.96. The zero-order chi connectivity index (χ0) is 18.4. The van der Waals surface area contributed by atoms with E-state index in [4.69, 9.17) is 0 Å². The van der Waals surface area contributed by atoms with E-state index in [1.54, 1.807) is 0 Å². The predicted octanol–water partition coefficient (Wildman–Crippen LogP) is 2.13. The van der Waals surface area contributed by atoms with Crippen LogP contribution in [0.4, 0.5) is 0 Å². The summed E-state index contributed by atoms with van der Waals surface area (Å²) < 4.78 is 0. The summed E-state index contributed by atoms with van der Waals surface area (Å²) in [5.74, 6) is -2.77. The van der Waals surface area contributed by atoms with Crippen molar-refractivity contribution in [2.75, 3.05) is 5.75 Å². The van der Waals surface area contributed by atoms with E-state index in [-0.39, 0.29) is 17.1 Å². The first-order valence-electron chi connectivity index (χ1n) is 7.62. The lowest BCUT2D eigenvalue weighted by atomic mass is 9.99. The normalized spacial score (nSPS) is 13.0. The molecule has 0 fully saturated rings.